The predicted octanol–water partition coefficient (Wildman–Crippen LogP) is 3.07. The lowest BCUT2D eigenvalue weighted by atomic mass is 9.85. The molecule has 1 amide bonds. The van der Waals surface area contributed by atoms with Crippen LogP contribution in [0.4, 0.5) is 0 Å². The summed E-state index contributed by atoms with van der Waals surface area (Å²) in [5, 5.41) is 0. The number of rotatable bonds is 4. The maximum atomic E-state index is 12.1. The first-order chi connectivity index (χ1) is 7.77. The zero-order valence-corrected chi connectivity index (χ0v) is 10.7. The largest absolute Gasteiger partial charge is 0.343 e. The van der Waals surface area contributed by atoms with Crippen molar-refractivity contribution < 1.29 is 4.79 Å². The Labute approximate surface area is 99.4 Å². The molecule has 2 rings (SSSR count). The number of nitrogens with zero attached hydrogens (tertiary/aromatic N) is 1. The Morgan fingerprint density at radius 3 is 2.31 bits per heavy atom. The van der Waals surface area contributed by atoms with Crippen molar-refractivity contribution >= 4 is 5.91 Å². The molecule has 0 aromatic heterocycles. The van der Waals surface area contributed by atoms with E-state index in [0.29, 0.717) is 11.8 Å². The minimum absolute atomic E-state index is 0.392. The number of amides is 1. The van der Waals surface area contributed by atoms with Crippen LogP contribution in [-0.2, 0) is 4.79 Å². The maximum Gasteiger partial charge on any atom is 0.225 e. The summed E-state index contributed by atoms with van der Waals surface area (Å²) in [4.78, 5) is 14.2. The number of hydrogen-bond donors (Lipinski definition) is 0. The van der Waals surface area contributed by atoms with Crippen molar-refractivity contribution in [3.8, 4) is 0 Å². The third-order valence-electron chi connectivity index (χ3n) is 4.49. The molecule has 2 heteroatoms. The Kier molecular flexibility index (Phi) is 3.88. The van der Waals surface area contributed by atoms with Crippen LogP contribution in [0.15, 0.2) is 0 Å². The van der Waals surface area contributed by atoms with Gasteiger partial charge in [-0.1, -0.05) is 32.1 Å². The molecule has 0 aromatic carbocycles. The lowest BCUT2D eigenvalue weighted by Crippen LogP contribution is -2.32. The van der Waals surface area contributed by atoms with E-state index < -0.39 is 0 Å². The molecule has 16 heavy (non-hydrogen) atoms. The monoisotopic (exact) mass is 223 g/mol. The molecule has 0 N–H and O–H groups in total. The summed E-state index contributed by atoms with van der Waals surface area (Å²) in [5.41, 5.74) is 0. The van der Waals surface area contributed by atoms with Crippen LogP contribution >= 0.6 is 0 Å². The molecule has 2 saturated carbocycles. The Morgan fingerprint density at radius 1 is 1.12 bits per heavy atom. The molecule has 2 nitrogen and oxygen atoms in total. The molecule has 0 aromatic rings. The summed E-state index contributed by atoms with van der Waals surface area (Å²) >= 11 is 0. The quantitative estimate of drug-likeness (QED) is 0.717. The van der Waals surface area contributed by atoms with Gasteiger partial charge < -0.3 is 4.90 Å². The van der Waals surface area contributed by atoms with Gasteiger partial charge in [-0.3, -0.25) is 4.79 Å². The molecule has 0 spiro atoms. The molecule has 2 atom stereocenters. The fraction of sp³-hybridized carbons (Fsp3) is 0.929. The average Bonchev–Trinajstić information content (AvgIpc) is 3.11. The Bertz CT molecular complexity index is 241. The molecule has 0 aliphatic heterocycles. The average molecular weight is 223 g/mol. The van der Waals surface area contributed by atoms with Gasteiger partial charge >= 0.3 is 0 Å². The standard InChI is InChI=1S/C14H25NO/c1-3-15(4-2)14(16)13-10-12(13)11-8-6-5-7-9-11/h11-13H,3-10H2,1-2H3/t12-,13+/m0/s1. The zero-order chi connectivity index (χ0) is 11.5. The molecule has 0 heterocycles. The van der Waals surface area contributed by atoms with E-state index in [9.17, 15) is 4.79 Å². The molecule has 0 unspecified atom stereocenters. The SMILES string of the molecule is CCN(CC)C(=O)[C@@H]1C[C@H]1C1CCCCC1. The van der Waals surface area contributed by atoms with Gasteiger partial charge in [0.05, 0.1) is 0 Å². The van der Waals surface area contributed by atoms with E-state index in [2.05, 4.69) is 13.8 Å². The molecule has 0 radical (unpaired) electrons. The number of carbonyl (C=O) groups is 1. The summed E-state index contributed by atoms with van der Waals surface area (Å²) < 4.78 is 0. The van der Waals surface area contributed by atoms with Gasteiger partial charge in [0.15, 0.2) is 0 Å². The summed E-state index contributed by atoms with van der Waals surface area (Å²) in [6, 6.07) is 0. The van der Waals surface area contributed by atoms with Crippen LogP contribution in [0.1, 0.15) is 52.4 Å². The zero-order valence-electron chi connectivity index (χ0n) is 10.7. The maximum absolute atomic E-state index is 12.1. The smallest absolute Gasteiger partial charge is 0.225 e. The van der Waals surface area contributed by atoms with E-state index in [1.807, 2.05) is 4.90 Å². The first-order valence-corrected chi connectivity index (χ1v) is 7.06. The van der Waals surface area contributed by atoms with Crippen LogP contribution in [0.3, 0.4) is 0 Å². The van der Waals surface area contributed by atoms with E-state index in [4.69, 9.17) is 0 Å². The van der Waals surface area contributed by atoms with E-state index in [1.165, 1.54) is 38.5 Å². The van der Waals surface area contributed by atoms with Crippen molar-refractivity contribution in [3.05, 3.63) is 0 Å². The fourth-order valence-corrected chi connectivity index (χ4v) is 3.35. The van der Waals surface area contributed by atoms with Gasteiger partial charge in [-0.05, 0) is 32.1 Å². The minimum atomic E-state index is 0.392. The summed E-state index contributed by atoms with van der Waals surface area (Å²) in [5.74, 6) is 2.44. The third kappa shape index (κ3) is 2.41. The van der Waals surface area contributed by atoms with Crippen molar-refractivity contribution in [1.82, 2.24) is 4.90 Å². The second-order valence-electron chi connectivity index (χ2n) is 5.41. The van der Waals surface area contributed by atoms with E-state index in [0.717, 1.165) is 24.9 Å². The van der Waals surface area contributed by atoms with Gasteiger partial charge in [-0.15, -0.1) is 0 Å². The van der Waals surface area contributed by atoms with Crippen molar-refractivity contribution in [2.24, 2.45) is 17.8 Å². The molecule has 2 aliphatic rings. The Hall–Kier alpha value is -0.530. The highest BCUT2D eigenvalue weighted by Crippen LogP contribution is 2.50. The van der Waals surface area contributed by atoms with Gasteiger partial charge in [-0.2, -0.15) is 0 Å². The van der Waals surface area contributed by atoms with Crippen molar-refractivity contribution in [3.63, 3.8) is 0 Å². The van der Waals surface area contributed by atoms with E-state index >= 15 is 0 Å². The van der Waals surface area contributed by atoms with Gasteiger partial charge in [0, 0.05) is 19.0 Å². The number of carbonyl (C=O) groups excluding carboxylic acids is 1. The van der Waals surface area contributed by atoms with Crippen LogP contribution in [0.5, 0.6) is 0 Å². The first kappa shape index (κ1) is 11.9. The molecule has 0 bridgehead atoms. The Balaban J connectivity index is 1.83. The molecular weight excluding hydrogens is 198 g/mol. The highest BCUT2D eigenvalue weighted by molar-refractivity contribution is 5.81. The van der Waals surface area contributed by atoms with Gasteiger partial charge in [0.2, 0.25) is 5.91 Å². The normalized spacial score (nSPS) is 30.1. The highest BCUT2D eigenvalue weighted by atomic mass is 16.2. The van der Waals surface area contributed by atoms with Gasteiger partial charge in [-0.25, -0.2) is 0 Å². The third-order valence-corrected chi connectivity index (χ3v) is 4.49. The summed E-state index contributed by atoms with van der Waals surface area (Å²) in [7, 11) is 0. The molecular formula is C14H25NO. The first-order valence-electron chi connectivity index (χ1n) is 7.06. The molecule has 2 fully saturated rings. The van der Waals surface area contributed by atoms with Crippen molar-refractivity contribution in [1.29, 1.82) is 0 Å². The van der Waals surface area contributed by atoms with Crippen LogP contribution in [0.25, 0.3) is 0 Å². The van der Waals surface area contributed by atoms with Crippen molar-refractivity contribution in [2.75, 3.05) is 13.1 Å². The van der Waals surface area contributed by atoms with Crippen molar-refractivity contribution in [2.45, 2.75) is 52.4 Å². The van der Waals surface area contributed by atoms with E-state index in [1.54, 1.807) is 0 Å². The fourth-order valence-electron chi connectivity index (χ4n) is 3.35. The topological polar surface area (TPSA) is 20.3 Å². The van der Waals surface area contributed by atoms with Crippen LogP contribution in [0, 0.1) is 17.8 Å². The van der Waals surface area contributed by atoms with Crippen LogP contribution < -0.4 is 0 Å². The lowest BCUT2D eigenvalue weighted by Gasteiger charge is -2.23. The van der Waals surface area contributed by atoms with Gasteiger partial charge in [0.25, 0.3) is 0 Å². The predicted molar refractivity (Wildman–Crippen MR) is 66.1 cm³/mol. The lowest BCUT2D eigenvalue weighted by molar-refractivity contribution is -0.132. The second kappa shape index (κ2) is 5.20. The van der Waals surface area contributed by atoms with Gasteiger partial charge in [0.1, 0.15) is 0 Å². The molecule has 92 valence electrons. The van der Waals surface area contributed by atoms with Crippen LogP contribution in [0.2, 0.25) is 0 Å². The second-order valence-corrected chi connectivity index (χ2v) is 5.41. The molecule has 2 aliphatic carbocycles. The highest BCUT2D eigenvalue weighted by Gasteiger charge is 2.48. The minimum Gasteiger partial charge on any atom is -0.343 e. The van der Waals surface area contributed by atoms with E-state index in [-0.39, 0.29) is 0 Å². The Morgan fingerprint density at radius 2 is 1.75 bits per heavy atom. The molecule has 0 saturated heterocycles. The van der Waals surface area contributed by atoms with Crippen LogP contribution in [-0.4, -0.2) is 23.9 Å². The summed E-state index contributed by atoms with van der Waals surface area (Å²) in [6.07, 6.45) is 8.15. The number of hydrogen-bond acceptors (Lipinski definition) is 1. The summed E-state index contributed by atoms with van der Waals surface area (Å²) in [6.45, 7) is 5.92.